The second-order valence-electron chi connectivity index (χ2n) is 6.96. The fourth-order valence-corrected chi connectivity index (χ4v) is 5.69. The Morgan fingerprint density at radius 3 is 2.50 bits per heavy atom. The molecule has 7 heteroatoms. The molecule has 2 aliphatic heterocycles. The molecule has 0 saturated heterocycles. The number of benzene rings is 1. The minimum absolute atomic E-state index is 0.242. The molecule has 138 valence electrons. The first-order chi connectivity index (χ1) is 12.6. The van der Waals surface area contributed by atoms with Gasteiger partial charge in [-0.2, -0.15) is 0 Å². The van der Waals surface area contributed by atoms with Crippen LogP contribution in [0.25, 0.3) is 0 Å². The number of thioether (sulfide) groups is 2. The Kier molecular flexibility index (Phi) is 4.92. The number of hydrogen-bond donors (Lipinski definition) is 0. The highest BCUT2D eigenvalue weighted by Crippen LogP contribution is 2.51. The van der Waals surface area contributed by atoms with Crippen molar-refractivity contribution in [2.24, 2.45) is 5.92 Å². The van der Waals surface area contributed by atoms with Crippen LogP contribution in [0.5, 0.6) is 0 Å². The Morgan fingerprint density at radius 2 is 1.85 bits per heavy atom. The highest BCUT2D eigenvalue weighted by atomic mass is 32.2. The van der Waals surface area contributed by atoms with Crippen molar-refractivity contribution < 1.29 is 0 Å². The average Bonchev–Trinajstić information content (AvgIpc) is 3.29. The average molecular weight is 388 g/mol. The van der Waals surface area contributed by atoms with E-state index < -0.39 is 0 Å². The molecule has 1 unspecified atom stereocenters. The first-order valence-corrected chi connectivity index (χ1v) is 11.0. The zero-order valence-electron chi connectivity index (χ0n) is 15.7. The minimum atomic E-state index is 0.242. The summed E-state index contributed by atoms with van der Waals surface area (Å²) in [4.78, 5) is 2.37. The zero-order chi connectivity index (χ0) is 18.3. The van der Waals surface area contributed by atoms with Gasteiger partial charge in [-0.25, -0.2) is 4.68 Å². The largest absolute Gasteiger partial charge is 0.372 e. The molecule has 3 heterocycles. The Labute approximate surface area is 163 Å². The summed E-state index contributed by atoms with van der Waals surface area (Å²) in [5.74, 6) is 1.61. The molecule has 0 aliphatic carbocycles. The van der Waals surface area contributed by atoms with E-state index in [2.05, 4.69) is 82.2 Å². The first-order valence-electron chi connectivity index (χ1n) is 9.24. The summed E-state index contributed by atoms with van der Waals surface area (Å²) in [5, 5.41) is 15.9. The standard InChI is InChI=1S/C19H25N5S2/c1-5-22(6-2)15-9-7-14(8-10-15)18-24-17(12-25-18)26-19-21-20-16(23(19)24)11-13(3)4/h7-10,12-13,18H,5-6,11H2,1-4H3. The Hall–Kier alpha value is -1.60. The molecule has 2 aromatic rings. The normalized spacial score (nSPS) is 18.3. The molecule has 0 fully saturated rings. The lowest BCUT2D eigenvalue weighted by Gasteiger charge is -2.27. The molecule has 0 amide bonds. The number of hydrogen-bond acceptors (Lipinski definition) is 6. The van der Waals surface area contributed by atoms with Gasteiger partial charge in [0.05, 0.1) is 0 Å². The number of rotatable bonds is 6. The molecular weight excluding hydrogens is 362 g/mol. The maximum absolute atomic E-state index is 4.43. The van der Waals surface area contributed by atoms with E-state index in [0.717, 1.165) is 30.5 Å². The zero-order valence-corrected chi connectivity index (χ0v) is 17.3. The molecule has 0 radical (unpaired) electrons. The van der Waals surface area contributed by atoms with E-state index in [1.807, 2.05) is 11.8 Å². The van der Waals surface area contributed by atoms with Crippen molar-refractivity contribution in [3.8, 4) is 0 Å². The third kappa shape index (κ3) is 3.01. The smallest absolute Gasteiger partial charge is 0.216 e. The Morgan fingerprint density at radius 1 is 1.12 bits per heavy atom. The predicted octanol–water partition coefficient (Wildman–Crippen LogP) is 4.61. The van der Waals surface area contributed by atoms with Crippen LogP contribution in [0.1, 0.15) is 44.5 Å². The van der Waals surface area contributed by atoms with Crippen LogP contribution in [0, 0.1) is 5.92 Å². The van der Waals surface area contributed by atoms with Crippen LogP contribution in [0.15, 0.2) is 39.9 Å². The van der Waals surface area contributed by atoms with Gasteiger partial charge in [0.25, 0.3) is 0 Å². The van der Waals surface area contributed by atoms with Crippen molar-refractivity contribution in [2.75, 3.05) is 23.0 Å². The fraction of sp³-hybridized carbons (Fsp3) is 0.474. The van der Waals surface area contributed by atoms with Gasteiger partial charge in [0.15, 0.2) is 5.82 Å². The van der Waals surface area contributed by atoms with Gasteiger partial charge >= 0.3 is 0 Å². The van der Waals surface area contributed by atoms with Crippen LogP contribution in [0.4, 0.5) is 5.69 Å². The maximum atomic E-state index is 4.43. The van der Waals surface area contributed by atoms with E-state index in [0.29, 0.717) is 5.92 Å². The van der Waals surface area contributed by atoms with Crippen molar-refractivity contribution in [2.45, 2.75) is 44.6 Å². The van der Waals surface area contributed by atoms with Gasteiger partial charge < -0.3 is 4.90 Å². The summed E-state index contributed by atoms with van der Waals surface area (Å²) in [6.45, 7) is 10.9. The molecule has 5 nitrogen and oxygen atoms in total. The number of aromatic nitrogens is 3. The van der Waals surface area contributed by atoms with E-state index in [1.54, 1.807) is 11.8 Å². The number of fused-ring (bicyclic) bond motifs is 3. The van der Waals surface area contributed by atoms with Crippen molar-refractivity contribution in [3.05, 3.63) is 46.1 Å². The van der Waals surface area contributed by atoms with Gasteiger partial charge in [0.1, 0.15) is 10.4 Å². The third-order valence-electron chi connectivity index (χ3n) is 4.73. The van der Waals surface area contributed by atoms with E-state index in [9.17, 15) is 0 Å². The van der Waals surface area contributed by atoms with E-state index in [1.165, 1.54) is 16.3 Å². The summed E-state index contributed by atoms with van der Waals surface area (Å²) in [5.41, 5.74) is 2.60. The van der Waals surface area contributed by atoms with Crippen LogP contribution in [-0.4, -0.2) is 28.0 Å². The Bertz CT molecular complexity index is 808. The first kappa shape index (κ1) is 17.8. The van der Waals surface area contributed by atoms with Crippen molar-refractivity contribution in [1.82, 2.24) is 14.9 Å². The van der Waals surface area contributed by atoms with Gasteiger partial charge in [0, 0.05) is 30.6 Å². The van der Waals surface area contributed by atoms with Crippen molar-refractivity contribution in [1.29, 1.82) is 0 Å². The van der Waals surface area contributed by atoms with Crippen LogP contribution >= 0.6 is 23.5 Å². The van der Waals surface area contributed by atoms with E-state index >= 15 is 0 Å². The topological polar surface area (TPSA) is 37.2 Å². The van der Waals surface area contributed by atoms with Gasteiger partial charge in [-0.1, -0.05) is 37.7 Å². The number of nitrogens with zero attached hydrogens (tertiary/aromatic N) is 5. The molecule has 0 saturated carbocycles. The van der Waals surface area contributed by atoms with Crippen LogP contribution in [-0.2, 0) is 6.42 Å². The summed E-state index contributed by atoms with van der Waals surface area (Å²) in [7, 11) is 0. The summed E-state index contributed by atoms with van der Waals surface area (Å²) in [6.07, 6.45) is 0.940. The summed E-state index contributed by atoms with van der Waals surface area (Å²) >= 11 is 3.58. The van der Waals surface area contributed by atoms with E-state index in [-0.39, 0.29) is 5.37 Å². The van der Waals surface area contributed by atoms with Gasteiger partial charge in [-0.3, -0.25) is 5.01 Å². The summed E-state index contributed by atoms with van der Waals surface area (Å²) < 4.78 is 2.22. The Balaban J connectivity index is 1.62. The second-order valence-corrected chi connectivity index (χ2v) is 8.91. The molecule has 1 aromatic carbocycles. The predicted molar refractivity (Wildman–Crippen MR) is 111 cm³/mol. The quantitative estimate of drug-likeness (QED) is 0.720. The molecule has 1 aromatic heterocycles. The van der Waals surface area contributed by atoms with Gasteiger partial charge in [-0.05, 0) is 49.2 Å². The monoisotopic (exact) mass is 387 g/mol. The lowest BCUT2D eigenvalue weighted by molar-refractivity contribution is 0.552. The molecule has 1 atom stereocenters. The SMILES string of the molecule is CCN(CC)c1ccc(C2SC=C3Sc4nnc(CC(C)C)n4N32)cc1. The lowest BCUT2D eigenvalue weighted by Crippen LogP contribution is -2.31. The van der Waals surface area contributed by atoms with E-state index in [4.69, 9.17) is 0 Å². The molecule has 0 bridgehead atoms. The fourth-order valence-electron chi connectivity index (χ4n) is 3.44. The highest BCUT2D eigenvalue weighted by Gasteiger charge is 2.39. The molecule has 2 aliphatic rings. The van der Waals surface area contributed by atoms with Crippen LogP contribution in [0.3, 0.4) is 0 Å². The highest BCUT2D eigenvalue weighted by molar-refractivity contribution is 8.07. The van der Waals surface area contributed by atoms with Gasteiger partial charge in [-0.15, -0.1) is 10.2 Å². The molecule has 4 rings (SSSR count). The van der Waals surface area contributed by atoms with Crippen molar-refractivity contribution in [3.63, 3.8) is 0 Å². The second kappa shape index (κ2) is 7.19. The van der Waals surface area contributed by atoms with Crippen LogP contribution in [0.2, 0.25) is 0 Å². The molecular formula is C19H25N5S2. The lowest BCUT2D eigenvalue weighted by atomic mass is 10.1. The molecule has 0 spiro atoms. The molecule has 26 heavy (non-hydrogen) atoms. The summed E-state index contributed by atoms with van der Waals surface area (Å²) in [6, 6.07) is 9.01. The van der Waals surface area contributed by atoms with Crippen LogP contribution < -0.4 is 9.91 Å². The third-order valence-corrected chi connectivity index (χ3v) is 6.92. The number of anilines is 1. The van der Waals surface area contributed by atoms with Crippen molar-refractivity contribution >= 4 is 29.2 Å². The minimum Gasteiger partial charge on any atom is -0.372 e. The maximum Gasteiger partial charge on any atom is 0.216 e. The molecule has 0 N–H and O–H groups in total. The van der Waals surface area contributed by atoms with Gasteiger partial charge in [0.2, 0.25) is 5.16 Å².